The normalized spacial score (nSPS) is 29.8. The molecule has 2 aliphatic carbocycles. The van der Waals surface area contributed by atoms with Crippen LogP contribution in [0, 0.1) is 11.3 Å². The first-order chi connectivity index (χ1) is 5.35. The Morgan fingerprint density at radius 3 is 2.27 bits per heavy atom. The highest BCUT2D eigenvalue weighted by Gasteiger charge is 2.44. The predicted molar refractivity (Wildman–Crippen MR) is 43.9 cm³/mol. The van der Waals surface area contributed by atoms with Crippen molar-refractivity contribution in [1.82, 2.24) is 0 Å². The first-order valence-electron chi connectivity index (χ1n) is 4.52. The van der Waals surface area contributed by atoms with Crippen molar-refractivity contribution in [3.05, 3.63) is 0 Å². The van der Waals surface area contributed by atoms with E-state index in [0.717, 1.165) is 5.41 Å². The van der Waals surface area contributed by atoms with Crippen molar-refractivity contribution in [1.29, 1.82) is 0 Å². The van der Waals surface area contributed by atoms with Gasteiger partial charge < -0.3 is 5.21 Å². The molecule has 0 heterocycles. The maximum atomic E-state index is 8.33. The summed E-state index contributed by atoms with van der Waals surface area (Å²) in [6.07, 6.45) is 9.82. The molecule has 0 radical (unpaired) electrons. The van der Waals surface area contributed by atoms with E-state index < -0.39 is 0 Å². The predicted octanol–water partition coefficient (Wildman–Crippen LogP) is 2.42. The maximum Gasteiger partial charge on any atom is 0.0466 e. The zero-order valence-electron chi connectivity index (χ0n) is 6.79. The highest BCUT2D eigenvalue weighted by Crippen LogP contribution is 2.56. The van der Waals surface area contributed by atoms with Crippen LogP contribution in [0.15, 0.2) is 5.16 Å². The fourth-order valence-corrected chi connectivity index (χ4v) is 2.17. The van der Waals surface area contributed by atoms with Crippen LogP contribution < -0.4 is 0 Å². The van der Waals surface area contributed by atoms with Crippen LogP contribution in [0.5, 0.6) is 0 Å². The summed E-state index contributed by atoms with van der Waals surface area (Å²) in [7, 11) is 0. The quantitative estimate of drug-likeness (QED) is 0.350. The summed E-state index contributed by atoms with van der Waals surface area (Å²) in [6.45, 7) is 0. The highest BCUT2D eigenvalue weighted by atomic mass is 16.4. The Balaban J connectivity index is 1.84. The van der Waals surface area contributed by atoms with E-state index in [0.29, 0.717) is 5.92 Å². The largest absolute Gasteiger partial charge is 0.411 e. The van der Waals surface area contributed by atoms with E-state index in [4.69, 9.17) is 5.21 Å². The third kappa shape index (κ3) is 1.39. The van der Waals surface area contributed by atoms with E-state index in [1.807, 2.05) is 0 Å². The Kier molecular flexibility index (Phi) is 1.63. The lowest BCUT2D eigenvalue weighted by Gasteiger charge is -2.25. The summed E-state index contributed by atoms with van der Waals surface area (Å²) in [6, 6.07) is 0. The van der Waals surface area contributed by atoms with Gasteiger partial charge in [-0.2, -0.15) is 0 Å². The van der Waals surface area contributed by atoms with Crippen molar-refractivity contribution < 1.29 is 5.21 Å². The smallest absolute Gasteiger partial charge is 0.0466 e. The summed E-state index contributed by atoms with van der Waals surface area (Å²) in [5.41, 5.74) is 0.764. The molecule has 0 aromatic heterocycles. The molecule has 1 N–H and O–H groups in total. The third-order valence-corrected chi connectivity index (χ3v) is 3.33. The lowest BCUT2D eigenvalue weighted by molar-refractivity contribution is 0.288. The molecule has 11 heavy (non-hydrogen) atoms. The van der Waals surface area contributed by atoms with Gasteiger partial charge in [-0.1, -0.05) is 0 Å². The molecule has 0 amide bonds. The van der Waals surface area contributed by atoms with Gasteiger partial charge in [0.05, 0.1) is 0 Å². The molecule has 2 nitrogen and oxygen atoms in total. The minimum atomic E-state index is 0.561. The average molecular weight is 153 g/mol. The van der Waals surface area contributed by atoms with E-state index in [2.05, 4.69) is 5.16 Å². The van der Waals surface area contributed by atoms with Crippen molar-refractivity contribution in [2.24, 2.45) is 16.5 Å². The molecule has 0 aromatic carbocycles. The molecule has 2 heteroatoms. The topological polar surface area (TPSA) is 32.6 Å². The van der Waals surface area contributed by atoms with E-state index in [1.54, 1.807) is 6.21 Å². The van der Waals surface area contributed by atoms with Gasteiger partial charge in [-0.25, -0.2) is 0 Å². The van der Waals surface area contributed by atoms with Gasteiger partial charge in [0.1, 0.15) is 0 Å². The molecular weight excluding hydrogens is 138 g/mol. The van der Waals surface area contributed by atoms with E-state index in [1.165, 1.54) is 38.5 Å². The second kappa shape index (κ2) is 2.50. The minimum Gasteiger partial charge on any atom is -0.411 e. The van der Waals surface area contributed by atoms with Gasteiger partial charge in [0.25, 0.3) is 0 Å². The summed E-state index contributed by atoms with van der Waals surface area (Å²) in [5, 5.41) is 11.4. The molecule has 0 atom stereocenters. The van der Waals surface area contributed by atoms with Gasteiger partial charge in [-0.05, 0) is 49.9 Å². The van der Waals surface area contributed by atoms with Crippen LogP contribution in [0.25, 0.3) is 0 Å². The van der Waals surface area contributed by atoms with Crippen LogP contribution in [0.3, 0.4) is 0 Å². The number of hydrogen-bond donors (Lipinski definition) is 1. The maximum absolute atomic E-state index is 8.33. The summed E-state index contributed by atoms with van der Waals surface area (Å²) in [4.78, 5) is 0. The standard InChI is InChI=1S/C9H15NO/c11-10-7-8-1-3-9(4-2-8)5-6-9/h7-8,11H,1-6H2. The lowest BCUT2D eigenvalue weighted by Crippen LogP contribution is -2.15. The van der Waals surface area contributed by atoms with Gasteiger partial charge in [-0.3, -0.25) is 0 Å². The molecule has 0 aromatic rings. The first-order valence-corrected chi connectivity index (χ1v) is 4.52. The summed E-state index contributed by atoms with van der Waals surface area (Å²) < 4.78 is 0. The second-order valence-electron chi connectivity index (χ2n) is 4.10. The van der Waals surface area contributed by atoms with Crippen molar-refractivity contribution in [3.63, 3.8) is 0 Å². The number of nitrogens with zero attached hydrogens (tertiary/aromatic N) is 1. The monoisotopic (exact) mass is 153 g/mol. The fraction of sp³-hybridized carbons (Fsp3) is 0.889. The third-order valence-electron chi connectivity index (χ3n) is 3.33. The average Bonchev–Trinajstić information content (AvgIpc) is 2.76. The van der Waals surface area contributed by atoms with Crippen molar-refractivity contribution >= 4 is 6.21 Å². The molecule has 0 aliphatic heterocycles. The molecule has 0 unspecified atom stereocenters. The van der Waals surface area contributed by atoms with E-state index in [-0.39, 0.29) is 0 Å². The number of oxime groups is 1. The fourth-order valence-electron chi connectivity index (χ4n) is 2.17. The molecule has 2 rings (SSSR count). The Morgan fingerprint density at radius 1 is 1.18 bits per heavy atom. The van der Waals surface area contributed by atoms with Crippen LogP contribution in [0.1, 0.15) is 38.5 Å². The number of hydrogen-bond acceptors (Lipinski definition) is 2. The Bertz CT molecular complexity index is 162. The lowest BCUT2D eigenvalue weighted by atomic mass is 9.80. The summed E-state index contributed by atoms with van der Waals surface area (Å²) in [5.74, 6) is 0.561. The van der Waals surface area contributed by atoms with Gasteiger partial charge in [0.2, 0.25) is 0 Å². The second-order valence-corrected chi connectivity index (χ2v) is 4.10. The summed E-state index contributed by atoms with van der Waals surface area (Å²) >= 11 is 0. The van der Waals surface area contributed by atoms with Crippen LogP contribution in [-0.2, 0) is 0 Å². The van der Waals surface area contributed by atoms with Crippen LogP contribution >= 0.6 is 0 Å². The molecular formula is C9H15NO. The highest BCUT2D eigenvalue weighted by molar-refractivity contribution is 5.59. The van der Waals surface area contributed by atoms with Crippen molar-refractivity contribution in [3.8, 4) is 0 Å². The SMILES string of the molecule is ON=CC1CCC2(CC1)CC2. The molecule has 62 valence electrons. The van der Waals surface area contributed by atoms with Gasteiger partial charge in [0, 0.05) is 6.21 Å². The Morgan fingerprint density at radius 2 is 1.82 bits per heavy atom. The van der Waals surface area contributed by atoms with E-state index >= 15 is 0 Å². The molecule has 0 bridgehead atoms. The number of rotatable bonds is 1. The zero-order chi connectivity index (χ0) is 7.73. The van der Waals surface area contributed by atoms with Crippen molar-refractivity contribution in [2.45, 2.75) is 38.5 Å². The van der Waals surface area contributed by atoms with Crippen LogP contribution in [0.4, 0.5) is 0 Å². The van der Waals surface area contributed by atoms with E-state index in [9.17, 15) is 0 Å². The molecule has 2 fully saturated rings. The van der Waals surface area contributed by atoms with Crippen LogP contribution in [-0.4, -0.2) is 11.4 Å². The molecule has 0 saturated heterocycles. The molecule has 2 aliphatic rings. The van der Waals surface area contributed by atoms with Crippen molar-refractivity contribution in [2.75, 3.05) is 0 Å². The van der Waals surface area contributed by atoms with Gasteiger partial charge in [-0.15, -0.1) is 5.16 Å². The molecule has 2 saturated carbocycles. The first kappa shape index (κ1) is 7.14. The Labute approximate surface area is 67.3 Å². The minimum absolute atomic E-state index is 0.561. The van der Waals surface area contributed by atoms with Gasteiger partial charge >= 0.3 is 0 Å². The Hall–Kier alpha value is -0.530. The molecule has 1 spiro atoms. The van der Waals surface area contributed by atoms with Gasteiger partial charge in [0.15, 0.2) is 0 Å². The van der Waals surface area contributed by atoms with Crippen LogP contribution in [0.2, 0.25) is 0 Å². The zero-order valence-corrected chi connectivity index (χ0v) is 6.79.